The third-order valence-electron chi connectivity index (χ3n) is 4.00. The lowest BCUT2D eigenvalue weighted by Gasteiger charge is -2.18. The van der Waals surface area contributed by atoms with Gasteiger partial charge in [-0.05, 0) is 38.0 Å². The molecule has 2 aromatic carbocycles. The SMILES string of the molecule is CCCOc1ccc(NC(C)C(=O)Nc2ccccc2[N+](=O)[O-])cc1OCCC. The molecule has 2 aromatic rings. The number of nitrogens with zero attached hydrogens (tertiary/aromatic N) is 1. The van der Waals surface area contributed by atoms with E-state index in [4.69, 9.17) is 9.47 Å². The smallest absolute Gasteiger partial charge is 0.292 e. The average Bonchev–Trinajstić information content (AvgIpc) is 2.71. The molecule has 0 fully saturated rings. The molecule has 1 amide bonds. The van der Waals surface area contributed by atoms with Crippen molar-refractivity contribution in [2.45, 2.75) is 39.7 Å². The number of rotatable bonds is 11. The Kier molecular flexibility index (Phi) is 8.27. The maximum atomic E-state index is 12.5. The fourth-order valence-corrected chi connectivity index (χ4v) is 2.55. The molecule has 0 radical (unpaired) electrons. The number of para-hydroxylation sites is 2. The molecule has 0 saturated heterocycles. The van der Waals surface area contributed by atoms with Gasteiger partial charge in [-0.1, -0.05) is 26.0 Å². The van der Waals surface area contributed by atoms with E-state index in [1.807, 2.05) is 13.8 Å². The van der Waals surface area contributed by atoms with Crippen LogP contribution in [0, 0.1) is 10.1 Å². The predicted molar refractivity (Wildman–Crippen MR) is 113 cm³/mol. The Hall–Kier alpha value is -3.29. The zero-order valence-electron chi connectivity index (χ0n) is 16.9. The second-order valence-corrected chi connectivity index (χ2v) is 6.49. The van der Waals surface area contributed by atoms with Crippen molar-refractivity contribution in [2.24, 2.45) is 0 Å². The van der Waals surface area contributed by atoms with Crippen molar-refractivity contribution in [1.29, 1.82) is 0 Å². The first kappa shape index (κ1) is 22.0. The molecule has 8 heteroatoms. The van der Waals surface area contributed by atoms with Crippen LogP contribution in [0.3, 0.4) is 0 Å². The van der Waals surface area contributed by atoms with Crippen LogP contribution in [0.2, 0.25) is 0 Å². The summed E-state index contributed by atoms with van der Waals surface area (Å²) in [6.45, 7) is 6.87. The Morgan fingerprint density at radius 3 is 2.38 bits per heavy atom. The number of hydrogen-bond donors (Lipinski definition) is 2. The van der Waals surface area contributed by atoms with Gasteiger partial charge in [0.2, 0.25) is 5.91 Å². The molecule has 8 nitrogen and oxygen atoms in total. The maximum absolute atomic E-state index is 12.5. The van der Waals surface area contributed by atoms with Gasteiger partial charge in [-0.15, -0.1) is 0 Å². The summed E-state index contributed by atoms with van der Waals surface area (Å²) in [6, 6.07) is 10.8. The van der Waals surface area contributed by atoms with Gasteiger partial charge in [0.05, 0.1) is 18.1 Å². The number of nitro groups is 1. The molecule has 0 bridgehead atoms. The van der Waals surface area contributed by atoms with Crippen LogP contribution >= 0.6 is 0 Å². The normalized spacial score (nSPS) is 11.4. The van der Waals surface area contributed by atoms with E-state index in [0.717, 1.165) is 12.8 Å². The summed E-state index contributed by atoms with van der Waals surface area (Å²) in [7, 11) is 0. The third kappa shape index (κ3) is 6.38. The van der Waals surface area contributed by atoms with Gasteiger partial charge in [-0.3, -0.25) is 14.9 Å². The number of hydrogen-bond acceptors (Lipinski definition) is 6. The van der Waals surface area contributed by atoms with Crippen LogP contribution in [0.25, 0.3) is 0 Å². The Balaban J connectivity index is 2.09. The summed E-state index contributed by atoms with van der Waals surface area (Å²) in [6.07, 6.45) is 1.75. The highest BCUT2D eigenvalue weighted by Crippen LogP contribution is 2.31. The van der Waals surface area contributed by atoms with Crippen LogP contribution in [-0.2, 0) is 4.79 Å². The highest BCUT2D eigenvalue weighted by Gasteiger charge is 2.19. The van der Waals surface area contributed by atoms with Crippen molar-refractivity contribution in [3.05, 3.63) is 52.6 Å². The van der Waals surface area contributed by atoms with Gasteiger partial charge in [0.1, 0.15) is 11.7 Å². The number of carbonyl (C=O) groups excluding carboxylic acids is 1. The van der Waals surface area contributed by atoms with E-state index in [2.05, 4.69) is 10.6 Å². The largest absolute Gasteiger partial charge is 0.490 e. The van der Waals surface area contributed by atoms with E-state index < -0.39 is 11.0 Å². The van der Waals surface area contributed by atoms with Crippen molar-refractivity contribution >= 4 is 23.0 Å². The molecule has 0 aliphatic rings. The highest BCUT2D eigenvalue weighted by atomic mass is 16.6. The highest BCUT2D eigenvalue weighted by molar-refractivity contribution is 5.98. The first-order valence-electron chi connectivity index (χ1n) is 9.66. The second kappa shape index (κ2) is 10.9. The van der Waals surface area contributed by atoms with Gasteiger partial charge >= 0.3 is 0 Å². The van der Waals surface area contributed by atoms with Crippen LogP contribution in [0.4, 0.5) is 17.1 Å². The lowest BCUT2D eigenvalue weighted by atomic mass is 10.2. The number of amides is 1. The zero-order chi connectivity index (χ0) is 21.2. The van der Waals surface area contributed by atoms with Crippen LogP contribution in [0.1, 0.15) is 33.6 Å². The molecule has 2 N–H and O–H groups in total. The predicted octanol–water partition coefficient (Wildman–Crippen LogP) is 4.61. The number of nitro benzene ring substituents is 1. The fourth-order valence-electron chi connectivity index (χ4n) is 2.55. The van der Waals surface area contributed by atoms with Gasteiger partial charge in [0.15, 0.2) is 11.5 Å². The summed E-state index contributed by atoms with van der Waals surface area (Å²) in [5.74, 6) is 0.876. The molecule has 1 atom stereocenters. The second-order valence-electron chi connectivity index (χ2n) is 6.49. The number of ether oxygens (including phenoxy) is 2. The minimum absolute atomic E-state index is 0.152. The Bertz CT molecular complexity index is 841. The maximum Gasteiger partial charge on any atom is 0.292 e. The molecule has 0 heterocycles. The zero-order valence-corrected chi connectivity index (χ0v) is 16.9. The number of carbonyl (C=O) groups is 1. The van der Waals surface area contributed by atoms with E-state index in [0.29, 0.717) is 30.4 Å². The average molecular weight is 401 g/mol. The first-order chi connectivity index (χ1) is 14.0. The number of nitrogens with one attached hydrogen (secondary N) is 2. The van der Waals surface area contributed by atoms with Crippen molar-refractivity contribution in [2.75, 3.05) is 23.8 Å². The molecule has 156 valence electrons. The van der Waals surface area contributed by atoms with Crippen molar-refractivity contribution in [3.63, 3.8) is 0 Å². The van der Waals surface area contributed by atoms with Gasteiger partial charge in [-0.2, -0.15) is 0 Å². The molecular formula is C21H27N3O5. The lowest BCUT2D eigenvalue weighted by molar-refractivity contribution is -0.383. The van der Waals surface area contributed by atoms with Crippen LogP contribution < -0.4 is 20.1 Å². The Labute approximate surface area is 170 Å². The molecule has 0 aliphatic carbocycles. The summed E-state index contributed by atoms with van der Waals surface area (Å²) in [5.41, 5.74) is 0.692. The van der Waals surface area contributed by atoms with E-state index in [1.54, 1.807) is 37.3 Å². The summed E-state index contributed by atoms with van der Waals surface area (Å²) < 4.78 is 11.5. The molecular weight excluding hydrogens is 374 g/mol. The van der Waals surface area contributed by atoms with Crippen LogP contribution in [0.5, 0.6) is 11.5 Å². The molecule has 2 rings (SSSR count). The molecule has 0 aromatic heterocycles. The van der Waals surface area contributed by atoms with E-state index in [1.165, 1.54) is 12.1 Å². The standard InChI is InChI=1S/C21H27N3O5/c1-4-12-28-19-11-10-16(14-20(19)29-13-5-2)22-15(3)21(25)23-17-8-6-7-9-18(17)24(26)27/h6-11,14-15,22H,4-5,12-13H2,1-3H3,(H,23,25). The molecule has 1 unspecified atom stereocenters. The fraction of sp³-hybridized carbons (Fsp3) is 0.381. The molecule has 0 spiro atoms. The van der Waals surface area contributed by atoms with Crippen molar-refractivity contribution < 1.29 is 19.2 Å². The van der Waals surface area contributed by atoms with Crippen molar-refractivity contribution in [3.8, 4) is 11.5 Å². The first-order valence-corrected chi connectivity index (χ1v) is 9.66. The van der Waals surface area contributed by atoms with E-state index in [9.17, 15) is 14.9 Å². The molecule has 29 heavy (non-hydrogen) atoms. The van der Waals surface area contributed by atoms with E-state index in [-0.39, 0.29) is 17.3 Å². The van der Waals surface area contributed by atoms with E-state index >= 15 is 0 Å². The lowest BCUT2D eigenvalue weighted by Crippen LogP contribution is -2.32. The van der Waals surface area contributed by atoms with Gasteiger partial charge < -0.3 is 20.1 Å². The Morgan fingerprint density at radius 2 is 1.72 bits per heavy atom. The monoisotopic (exact) mass is 401 g/mol. The summed E-state index contributed by atoms with van der Waals surface area (Å²) >= 11 is 0. The number of benzene rings is 2. The van der Waals surface area contributed by atoms with Gasteiger partial charge in [0.25, 0.3) is 5.69 Å². The van der Waals surface area contributed by atoms with Gasteiger partial charge in [0, 0.05) is 17.8 Å². The minimum Gasteiger partial charge on any atom is -0.490 e. The third-order valence-corrected chi connectivity index (χ3v) is 4.00. The molecule has 0 aliphatic heterocycles. The number of anilines is 2. The molecule has 0 saturated carbocycles. The summed E-state index contributed by atoms with van der Waals surface area (Å²) in [5, 5.41) is 16.8. The van der Waals surface area contributed by atoms with Crippen LogP contribution in [-0.4, -0.2) is 30.1 Å². The quantitative estimate of drug-likeness (QED) is 0.421. The van der Waals surface area contributed by atoms with Gasteiger partial charge in [-0.25, -0.2) is 0 Å². The topological polar surface area (TPSA) is 103 Å². The summed E-state index contributed by atoms with van der Waals surface area (Å²) in [4.78, 5) is 23.1. The van der Waals surface area contributed by atoms with Crippen LogP contribution in [0.15, 0.2) is 42.5 Å². The van der Waals surface area contributed by atoms with Crippen molar-refractivity contribution in [1.82, 2.24) is 0 Å². The minimum atomic E-state index is -0.628. The Morgan fingerprint density at radius 1 is 1.07 bits per heavy atom.